The Kier molecular flexibility index (Phi) is 3.79. The predicted molar refractivity (Wildman–Crippen MR) is 63.9 cm³/mol. The molecular weight excluding hydrogens is 238 g/mol. The summed E-state index contributed by atoms with van der Waals surface area (Å²) in [6.45, 7) is 3.71. The summed E-state index contributed by atoms with van der Waals surface area (Å²) in [5, 5.41) is 2.80. The standard InChI is InChI=1S/C13H16F2N2O/c1-2-9-6-16-13(18)17(7-9)8-10-3-4-11(14)12(15)5-10/h3-5,9H,2,6-8H2,1H3,(H,16,18). The molecule has 1 aliphatic rings. The summed E-state index contributed by atoms with van der Waals surface area (Å²) in [6.07, 6.45) is 0.981. The maximum absolute atomic E-state index is 13.1. The molecule has 98 valence electrons. The smallest absolute Gasteiger partial charge is 0.317 e. The van der Waals surface area contributed by atoms with Gasteiger partial charge in [0.25, 0.3) is 0 Å². The summed E-state index contributed by atoms with van der Waals surface area (Å²) >= 11 is 0. The average molecular weight is 254 g/mol. The molecule has 0 aliphatic carbocycles. The molecule has 0 radical (unpaired) electrons. The van der Waals surface area contributed by atoms with E-state index in [0.29, 0.717) is 31.1 Å². The number of hydrogen-bond acceptors (Lipinski definition) is 1. The van der Waals surface area contributed by atoms with Crippen LogP contribution in [0.5, 0.6) is 0 Å². The highest BCUT2D eigenvalue weighted by atomic mass is 19.2. The second-order valence-corrected chi connectivity index (χ2v) is 4.59. The zero-order chi connectivity index (χ0) is 13.1. The van der Waals surface area contributed by atoms with Crippen molar-refractivity contribution in [3.8, 4) is 0 Å². The number of rotatable bonds is 3. The van der Waals surface area contributed by atoms with Gasteiger partial charge in [-0.05, 0) is 30.0 Å². The summed E-state index contributed by atoms with van der Waals surface area (Å²) in [5.74, 6) is -1.33. The van der Waals surface area contributed by atoms with Crippen LogP contribution in [0.15, 0.2) is 18.2 Å². The van der Waals surface area contributed by atoms with E-state index in [0.717, 1.165) is 18.6 Å². The lowest BCUT2D eigenvalue weighted by molar-refractivity contribution is 0.162. The van der Waals surface area contributed by atoms with Crippen LogP contribution >= 0.6 is 0 Å². The summed E-state index contributed by atoms with van der Waals surface area (Å²) in [6, 6.07) is 3.58. The van der Waals surface area contributed by atoms with Gasteiger partial charge in [0.1, 0.15) is 0 Å². The number of carbonyl (C=O) groups excluding carboxylic acids is 1. The second-order valence-electron chi connectivity index (χ2n) is 4.59. The number of urea groups is 1. The fraction of sp³-hybridized carbons (Fsp3) is 0.462. The van der Waals surface area contributed by atoms with Gasteiger partial charge in [0.2, 0.25) is 0 Å². The third-order valence-corrected chi connectivity index (χ3v) is 3.24. The van der Waals surface area contributed by atoms with Crippen molar-refractivity contribution in [2.45, 2.75) is 19.9 Å². The minimum absolute atomic E-state index is 0.149. The molecule has 1 aromatic rings. The Bertz CT molecular complexity index is 451. The van der Waals surface area contributed by atoms with Crippen molar-refractivity contribution >= 4 is 6.03 Å². The monoisotopic (exact) mass is 254 g/mol. The topological polar surface area (TPSA) is 32.3 Å². The van der Waals surface area contributed by atoms with Gasteiger partial charge in [-0.1, -0.05) is 13.0 Å². The molecule has 1 N–H and O–H groups in total. The summed E-state index contributed by atoms with van der Waals surface area (Å²) in [5.41, 5.74) is 0.598. The second kappa shape index (κ2) is 5.33. The number of benzene rings is 1. The Morgan fingerprint density at radius 3 is 2.83 bits per heavy atom. The highest BCUT2D eigenvalue weighted by Gasteiger charge is 2.24. The summed E-state index contributed by atoms with van der Waals surface area (Å²) < 4.78 is 25.9. The van der Waals surface area contributed by atoms with Gasteiger partial charge in [-0.3, -0.25) is 0 Å². The van der Waals surface area contributed by atoms with Crippen LogP contribution in [0.25, 0.3) is 0 Å². The van der Waals surface area contributed by atoms with E-state index >= 15 is 0 Å². The predicted octanol–water partition coefficient (Wildman–Crippen LogP) is 2.52. The number of halogens is 2. The maximum Gasteiger partial charge on any atom is 0.317 e. The molecule has 1 aliphatic heterocycles. The molecule has 1 fully saturated rings. The molecule has 1 unspecified atom stereocenters. The SMILES string of the molecule is CCC1CNC(=O)N(Cc2ccc(F)c(F)c2)C1. The van der Waals surface area contributed by atoms with Gasteiger partial charge in [-0.15, -0.1) is 0 Å². The zero-order valence-corrected chi connectivity index (χ0v) is 10.2. The summed E-state index contributed by atoms with van der Waals surface area (Å²) in [7, 11) is 0. The Hall–Kier alpha value is -1.65. The third kappa shape index (κ3) is 2.78. The van der Waals surface area contributed by atoms with E-state index in [2.05, 4.69) is 12.2 Å². The fourth-order valence-electron chi connectivity index (χ4n) is 2.07. The highest BCUT2D eigenvalue weighted by molar-refractivity contribution is 5.75. The molecule has 1 saturated heterocycles. The first kappa shape index (κ1) is 12.8. The van der Waals surface area contributed by atoms with E-state index < -0.39 is 11.6 Å². The first-order chi connectivity index (χ1) is 8.60. The van der Waals surface area contributed by atoms with E-state index in [1.807, 2.05) is 0 Å². The fourth-order valence-corrected chi connectivity index (χ4v) is 2.07. The van der Waals surface area contributed by atoms with Crippen molar-refractivity contribution in [3.63, 3.8) is 0 Å². The number of amides is 2. The van der Waals surface area contributed by atoms with Crippen molar-refractivity contribution in [1.82, 2.24) is 10.2 Å². The number of nitrogens with zero attached hydrogens (tertiary/aromatic N) is 1. The molecule has 0 aromatic heterocycles. The zero-order valence-electron chi connectivity index (χ0n) is 10.2. The van der Waals surface area contributed by atoms with Crippen LogP contribution in [0.2, 0.25) is 0 Å². The van der Waals surface area contributed by atoms with Crippen molar-refractivity contribution in [3.05, 3.63) is 35.4 Å². The number of hydrogen-bond donors (Lipinski definition) is 1. The first-order valence-electron chi connectivity index (χ1n) is 6.07. The van der Waals surface area contributed by atoms with Crippen molar-refractivity contribution in [1.29, 1.82) is 0 Å². The Morgan fingerprint density at radius 1 is 1.39 bits per heavy atom. The molecule has 1 aromatic carbocycles. The number of nitrogens with one attached hydrogen (secondary N) is 1. The van der Waals surface area contributed by atoms with E-state index in [4.69, 9.17) is 0 Å². The maximum atomic E-state index is 13.1. The lowest BCUT2D eigenvalue weighted by Gasteiger charge is -2.32. The third-order valence-electron chi connectivity index (χ3n) is 3.24. The Labute approximate surface area is 105 Å². The molecule has 0 spiro atoms. The quantitative estimate of drug-likeness (QED) is 0.883. The minimum atomic E-state index is -0.878. The Morgan fingerprint density at radius 2 is 2.17 bits per heavy atom. The van der Waals surface area contributed by atoms with Gasteiger partial charge in [-0.25, -0.2) is 13.6 Å². The molecule has 1 atom stereocenters. The van der Waals surface area contributed by atoms with Gasteiger partial charge in [-0.2, -0.15) is 0 Å². The van der Waals surface area contributed by atoms with E-state index in [1.54, 1.807) is 4.90 Å². The van der Waals surface area contributed by atoms with Gasteiger partial charge < -0.3 is 10.2 Å². The van der Waals surface area contributed by atoms with Crippen molar-refractivity contribution in [2.75, 3.05) is 13.1 Å². The molecule has 0 saturated carbocycles. The molecule has 2 amide bonds. The van der Waals surface area contributed by atoms with Crippen LogP contribution in [0.1, 0.15) is 18.9 Å². The lowest BCUT2D eigenvalue weighted by Crippen LogP contribution is -2.50. The normalized spacial score (nSPS) is 19.8. The van der Waals surface area contributed by atoms with Crippen LogP contribution in [-0.2, 0) is 6.54 Å². The molecule has 5 heteroatoms. The molecule has 3 nitrogen and oxygen atoms in total. The molecule has 1 heterocycles. The van der Waals surface area contributed by atoms with Gasteiger partial charge >= 0.3 is 6.03 Å². The van der Waals surface area contributed by atoms with E-state index in [9.17, 15) is 13.6 Å². The molecule has 0 bridgehead atoms. The largest absolute Gasteiger partial charge is 0.338 e. The van der Waals surface area contributed by atoms with Crippen molar-refractivity contribution in [2.24, 2.45) is 5.92 Å². The van der Waals surface area contributed by atoms with Crippen LogP contribution in [0.3, 0.4) is 0 Å². The minimum Gasteiger partial charge on any atom is -0.338 e. The van der Waals surface area contributed by atoms with Crippen LogP contribution in [0, 0.1) is 17.6 Å². The van der Waals surface area contributed by atoms with Gasteiger partial charge in [0.05, 0.1) is 0 Å². The Balaban J connectivity index is 2.07. The van der Waals surface area contributed by atoms with Crippen molar-refractivity contribution < 1.29 is 13.6 Å². The van der Waals surface area contributed by atoms with Crippen LogP contribution in [0.4, 0.5) is 13.6 Å². The van der Waals surface area contributed by atoms with E-state index in [-0.39, 0.29) is 6.03 Å². The van der Waals surface area contributed by atoms with Crippen LogP contribution in [-0.4, -0.2) is 24.0 Å². The molecular formula is C13H16F2N2O. The van der Waals surface area contributed by atoms with Gasteiger partial charge in [0.15, 0.2) is 11.6 Å². The number of carbonyl (C=O) groups is 1. The molecule has 2 rings (SSSR count). The average Bonchev–Trinajstić information content (AvgIpc) is 2.36. The van der Waals surface area contributed by atoms with E-state index in [1.165, 1.54) is 6.07 Å². The highest BCUT2D eigenvalue weighted by Crippen LogP contribution is 2.15. The summed E-state index contributed by atoms with van der Waals surface area (Å²) in [4.78, 5) is 13.3. The first-order valence-corrected chi connectivity index (χ1v) is 6.07. The lowest BCUT2D eigenvalue weighted by atomic mass is 10.0. The van der Waals surface area contributed by atoms with Crippen LogP contribution < -0.4 is 5.32 Å². The van der Waals surface area contributed by atoms with Gasteiger partial charge in [0, 0.05) is 19.6 Å². The molecule has 18 heavy (non-hydrogen) atoms.